The number of aromatic nitrogens is 2. The van der Waals surface area contributed by atoms with Gasteiger partial charge in [0.2, 0.25) is 0 Å². The summed E-state index contributed by atoms with van der Waals surface area (Å²) in [6, 6.07) is 10.1. The molecule has 0 spiro atoms. The highest BCUT2D eigenvalue weighted by molar-refractivity contribution is 5.30. The van der Waals surface area contributed by atoms with E-state index in [4.69, 9.17) is 4.84 Å². The summed E-state index contributed by atoms with van der Waals surface area (Å²) in [6.45, 7) is 5.62. The summed E-state index contributed by atoms with van der Waals surface area (Å²) in [5, 5.41) is 4.32. The second-order valence-corrected chi connectivity index (χ2v) is 4.65. The molecule has 96 valence electrons. The number of rotatable bonds is 6. The molecule has 2 aromatic rings. The molecular formula is C14H19N3O. The van der Waals surface area contributed by atoms with Gasteiger partial charge in [0.25, 0.3) is 0 Å². The van der Waals surface area contributed by atoms with Crippen molar-refractivity contribution >= 4 is 0 Å². The number of para-hydroxylation sites is 1. The molecule has 0 fully saturated rings. The molecule has 4 heteroatoms. The summed E-state index contributed by atoms with van der Waals surface area (Å²) in [5.41, 5.74) is 5.11. The minimum absolute atomic E-state index is 0.532. The van der Waals surface area contributed by atoms with Gasteiger partial charge in [-0.3, -0.25) is 0 Å². The van der Waals surface area contributed by atoms with Crippen LogP contribution in [0.2, 0.25) is 0 Å². The van der Waals surface area contributed by atoms with Gasteiger partial charge in [-0.25, -0.2) is 4.68 Å². The Morgan fingerprint density at radius 3 is 2.78 bits per heavy atom. The van der Waals surface area contributed by atoms with Crippen molar-refractivity contribution in [3.63, 3.8) is 0 Å². The first-order valence-electron chi connectivity index (χ1n) is 6.19. The zero-order valence-electron chi connectivity index (χ0n) is 10.8. The van der Waals surface area contributed by atoms with E-state index in [0.29, 0.717) is 19.1 Å². The van der Waals surface area contributed by atoms with Crippen molar-refractivity contribution in [3.8, 4) is 5.69 Å². The van der Waals surface area contributed by atoms with Gasteiger partial charge in [-0.2, -0.15) is 10.6 Å². The van der Waals surface area contributed by atoms with Crippen LogP contribution in [0.1, 0.15) is 19.4 Å². The van der Waals surface area contributed by atoms with Crippen LogP contribution in [-0.4, -0.2) is 16.4 Å². The highest BCUT2D eigenvalue weighted by Gasteiger charge is 2.00. The van der Waals surface area contributed by atoms with Crippen LogP contribution in [0.15, 0.2) is 42.7 Å². The Kier molecular flexibility index (Phi) is 4.50. The van der Waals surface area contributed by atoms with Crippen molar-refractivity contribution < 1.29 is 4.84 Å². The van der Waals surface area contributed by atoms with E-state index in [1.54, 1.807) is 0 Å². The third kappa shape index (κ3) is 3.68. The van der Waals surface area contributed by atoms with Gasteiger partial charge < -0.3 is 4.84 Å². The van der Waals surface area contributed by atoms with E-state index in [0.717, 1.165) is 11.3 Å². The number of hydrogen-bond donors (Lipinski definition) is 1. The highest BCUT2D eigenvalue weighted by atomic mass is 16.6. The standard InChI is InChI=1S/C14H19N3O/c1-12(2)11-18-16-9-13-8-15-17(10-13)14-6-4-3-5-7-14/h3-8,10,12,16H,9,11H2,1-2H3. The molecule has 1 aromatic carbocycles. The van der Waals surface area contributed by atoms with E-state index in [-0.39, 0.29) is 0 Å². The maximum Gasteiger partial charge on any atom is 0.0705 e. The molecule has 0 saturated heterocycles. The van der Waals surface area contributed by atoms with Crippen molar-refractivity contribution in [2.45, 2.75) is 20.4 Å². The topological polar surface area (TPSA) is 39.1 Å². The average Bonchev–Trinajstić information content (AvgIpc) is 2.84. The molecule has 0 aliphatic carbocycles. The van der Waals surface area contributed by atoms with Crippen molar-refractivity contribution in [1.82, 2.24) is 15.3 Å². The number of hydroxylamine groups is 1. The van der Waals surface area contributed by atoms with Crippen LogP contribution < -0.4 is 5.48 Å². The minimum atomic E-state index is 0.532. The van der Waals surface area contributed by atoms with Crippen LogP contribution in [0.5, 0.6) is 0 Å². The Labute approximate surface area is 108 Å². The molecule has 0 aliphatic heterocycles. The van der Waals surface area contributed by atoms with Crippen molar-refractivity contribution in [1.29, 1.82) is 0 Å². The largest absolute Gasteiger partial charge is 0.301 e. The summed E-state index contributed by atoms with van der Waals surface area (Å²) in [4.78, 5) is 5.33. The van der Waals surface area contributed by atoms with E-state index < -0.39 is 0 Å². The lowest BCUT2D eigenvalue weighted by molar-refractivity contribution is 0.0196. The van der Waals surface area contributed by atoms with Gasteiger partial charge in [-0.15, -0.1) is 0 Å². The van der Waals surface area contributed by atoms with Gasteiger partial charge in [0.1, 0.15) is 0 Å². The molecule has 0 aliphatic rings. The summed E-state index contributed by atoms with van der Waals surface area (Å²) >= 11 is 0. The molecule has 0 bridgehead atoms. The predicted molar refractivity (Wildman–Crippen MR) is 71.2 cm³/mol. The maximum atomic E-state index is 5.33. The number of nitrogens with one attached hydrogen (secondary N) is 1. The number of hydrogen-bond acceptors (Lipinski definition) is 3. The SMILES string of the molecule is CC(C)CONCc1cnn(-c2ccccc2)c1. The molecule has 1 N–H and O–H groups in total. The zero-order valence-corrected chi connectivity index (χ0v) is 10.8. The molecule has 0 radical (unpaired) electrons. The normalized spacial score (nSPS) is 11.1. The smallest absolute Gasteiger partial charge is 0.0705 e. The number of benzene rings is 1. The zero-order chi connectivity index (χ0) is 12.8. The monoisotopic (exact) mass is 245 g/mol. The first kappa shape index (κ1) is 12.8. The third-order valence-corrected chi connectivity index (χ3v) is 2.45. The van der Waals surface area contributed by atoms with Gasteiger partial charge in [0.05, 0.1) is 18.5 Å². The first-order valence-corrected chi connectivity index (χ1v) is 6.19. The van der Waals surface area contributed by atoms with Crippen LogP contribution in [0.3, 0.4) is 0 Å². The maximum absolute atomic E-state index is 5.33. The van der Waals surface area contributed by atoms with Crippen molar-refractivity contribution in [2.75, 3.05) is 6.61 Å². The lowest BCUT2D eigenvalue weighted by Gasteiger charge is -2.06. The Morgan fingerprint density at radius 1 is 1.28 bits per heavy atom. The number of nitrogens with zero attached hydrogens (tertiary/aromatic N) is 2. The Morgan fingerprint density at radius 2 is 2.06 bits per heavy atom. The average molecular weight is 245 g/mol. The van der Waals surface area contributed by atoms with Gasteiger partial charge in [0, 0.05) is 18.3 Å². The Balaban J connectivity index is 1.87. The molecular weight excluding hydrogens is 226 g/mol. The fourth-order valence-electron chi connectivity index (χ4n) is 1.53. The molecule has 4 nitrogen and oxygen atoms in total. The molecule has 0 saturated carbocycles. The first-order chi connectivity index (χ1) is 8.75. The van der Waals surface area contributed by atoms with Gasteiger partial charge in [-0.05, 0) is 18.1 Å². The predicted octanol–water partition coefficient (Wildman–Crippen LogP) is 2.55. The summed E-state index contributed by atoms with van der Waals surface area (Å²) in [5.74, 6) is 0.532. The summed E-state index contributed by atoms with van der Waals surface area (Å²) in [7, 11) is 0. The Bertz CT molecular complexity index is 465. The summed E-state index contributed by atoms with van der Waals surface area (Å²) in [6.07, 6.45) is 3.85. The molecule has 1 heterocycles. The van der Waals surface area contributed by atoms with Crippen LogP contribution in [0.25, 0.3) is 5.69 Å². The van der Waals surface area contributed by atoms with E-state index in [9.17, 15) is 0 Å². The highest BCUT2D eigenvalue weighted by Crippen LogP contribution is 2.07. The second kappa shape index (κ2) is 6.33. The molecule has 1 aromatic heterocycles. The van der Waals surface area contributed by atoms with Crippen LogP contribution in [-0.2, 0) is 11.4 Å². The lowest BCUT2D eigenvalue weighted by Crippen LogP contribution is -2.17. The minimum Gasteiger partial charge on any atom is -0.301 e. The second-order valence-electron chi connectivity index (χ2n) is 4.65. The fraction of sp³-hybridized carbons (Fsp3) is 0.357. The summed E-state index contributed by atoms with van der Waals surface area (Å²) < 4.78 is 1.86. The van der Waals surface area contributed by atoms with Gasteiger partial charge >= 0.3 is 0 Å². The van der Waals surface area contributed by atoms with Crippen LogP contribution in [0.4, 0.5) is 0 Å². The van der Waals surface area contributed by atoms with Crippen LogP contribution in [0, 0.1) is 5.92 Å². The van der Waals surface area contributed by atoms with Crippen molar-refractivity contribution in [2.24, 2.45) is 5.92 Å². The van der Waals surface area contributed by atoms with Crippen molar-refractivity contribution in [3.05, 3.63) is 48.3 Å². The molecule has 18 heavy (non-hydrogen) atoms. The quantitative estimate of drug-likeness (QED) is 0.628. The lowest BCUT2D eigenvalue weighted by atomic mass is 10.2. The molecule has 0 atom stereocenters. The molecule has 2 rings (SSSR count). The van der Waals surface area contributed by atoms with Gasteiger partial charge in [-0.1, -0.05) is 32.0 Å². The van der Waals surface area contributed by atoms with E-state index in [2.05, 4.69) is 24.4 Å². The Hall–Kier alpha value is -1.65. The van der Waals surface area contributed by atoms with Crippen LogP contribution >= 0.6 is 0 Å². The molecule has 0 unspecified atom stereocenters. The third-order valence-electron chi connectivity index (χ3n) is 2.45. The van der Waals surface area contributed by atoms with Gasteiger partial charge in [0.15, 0.2) is 0 Å². The van der Waals surface area contributed by atoms with E-state index in [1.165, 1.54) is 0 Å². The van der Waals surface area contributed by atoms with E-state index >= 15 is 0 Å². The molecule has 0 amide bonds. The fourth-order valence-corrected chi connectivity index (χ4v) is 1.53. The van der Waals surface area contributed by atoms with E-state index in [1.807, 2.05) is 47.4 Å².